The molecule has 0 aliphatic carbocycles. The molecule has 2 rings (SSSR count). The van der Waals surface area contributed by atoms with Crippen molar-refractivity contribution in [3.8, 4) is 11.5 Å². The lowest BCUT2D eigenvalue weighted by atomic mass is 9.97. The van der Waals surface area contributed by atoms with Crippen molar-refractivity contribution in [3.63, 3.8) is 0 Å². The minimum Gasteiger partial charge on any atom is -0.496 e. The van der Waals surface area contributed by atoms with Crippen molar-refractivity contribution in [2.45, 2.75) is 19.1 Å². The van der Waals surface area contributed by atoms with E-state index in [-0.39, 0.29) is 6.04 Å². The van der Waals surface area contributed by atoms with Crippen LogP contribution in [0.5, 0.6) is 11.5 Å². The fourth-order valence-corrected chi connectivity index (χ4v) is 2.53. The molecule has 5 nitrogen and oxygen atoms in total. The zero-order valence-corrected chi connectivity index (χ0v) is 11.5. The van der Waals surface area contributed by atoms with E-state index in [2.05, 4.69) is 5.32 Å². The summed E-state index contributed by atoms with van der Waals surface area (Å²) in [7, 11) is 3.00. The first-order valence-electron chi connectivity index (χ1n) is 6.37. The summed E-state index contributed by atoms with van der Waals surface area (Å²) in [5.74, 6) is -0.248. The molecule has 1 fully saturated rings. The van der Waals surface area contributed by atoms with Gasteiger partial charge in [0.05, 0.1) is 20.1 Å². The van der Waals surface area contributed by atoms with Crippen molar-refractivity contribution in [3.05, 3.63) is 23.3 Å². The number of methoxy groups -OCH3 is 2. The zero-order chi connectivity index (χ0) is 14.7. The number of rotatable bonds is 5. The number of nitrogens with one attached hydrogen (secondary N) is 1. The topological polar surface area (TPSA) is 67.8 Å². The summed E-state index contributed by atoms with van der Waals surface area (Å²) in [5, 5.41) is 12.2. The predicted octanol–water partition coefficient (Wildman–Crippen LogP) is 1.91. The van der Waals surface area contributed by atoms with E-state index in [4.69, 9.17) is 14.6 Å². The Hall–Kier alpha value is -1.82. The number of carboxylic acid groups (broad SMARTS) is 1. The normalized spacial score (nSPS) is 21.8. The lowest BCUT2D eigenvalue weighted by molar-refractivity contribution is -0.141. The van der Waals surface area contributed by atoms with Gasteiger partial charge in [0.15, 0.2) is 0 Å². The molecule has 0 aromatic heterocycles. The minimum absolute atomic E-state index is 0.151. The molecule has 0 saturated carbocycles. The fourth-order valence-electron chi connectivity index (χ4n) is 2.53. The van der Waals surface area contributed by atoms with Gasteiger partial charge in [0, 0.05) is 29.8 Å². The Morgan fingerprint density at radius 2 is 2.10 bits per heavy atom. The molecule has 0 spiro atoms. The number of ether oxygens (including phenoxy) is 2. The molecule has 1 saturated heterocycles. The average molecular weight is 283 g/mol. The molecule has 2 unspecified atom stereocenters. The molecule has 1 aliphatic rings. The van der Waals surface area contributed by atoms with Crippen LogP contribution in [0, 0.1) is 5.92 Å². The van der Waals surface area contributed by atoms with Crippen molar-refractivity contribution in [1.82, 2.24) is 5.32 Å². The average Bonchev–Trinajstić information content (AvgIpc) is 2.95. The van der Waals surface area contributed by atoms with Gasteiger partial charge in [0.1, 0.15) is 18.2 Å². The molecule has 1 aromatic rings. The van der Waals surface area contributed by atoms with Gasteiger partial charge in [-0.1, -0.05) is 0 Å². The van der Waals surface area contributed by atoms with E-state index in [1.165, 1.54) is 14.2 Å². The van der Waals surface area contributed by atoms with Gasteiger partial charge in [-0.2, -0.15) is 0 Å². The maximum absolute atomic E-state index is 13.0. The molecule has 110 valence electrons. The molecule has 2 atom stereocenters. The van der Waals surface area contributed by atoms with Crippen molar-refractivity contribution < 1.29 is 23.8 Å². The number of carboxylic acids is 1. The quantitative estimate of drug-likeness (QED) is 0.864. The van der Waals surface area contributed by atoms with Crippen LogP contribution in [0.1, 0.15) is 23.6 Å². The monoisotopic (exact) mass is 283 g/mol. The molecule has 1 aliphatic heterocycles. The summed E-state index contributed by atoms with van der Waals surface area (Å²) in [4.78, 5) is 11.0. The number of aliphatic carboxylic acids is 1. The minimum atomic E-state index is -0.821. The van der Waals surface area contributed by atoms with Crippen LogP contribution in [0.3, 0.4) is 0 Å². The molecule has 2 N–H and O–H groups in total. The Bertz CT molecular complexity index is 506. The van der Waals surface area contributed by atoms with Crippen molar-refractivity contribution in [2.24, 2.45) is 5.92 Å². The molecule has 0 radical (unpaired) electrons. The third kappa shape index (κ3) is 2.70. The molecule has 1 aromatic carbocycles. The second-order valence-corrected chi connectivity index (χ2v) is 4.77. The van der Waals surface area contributed by atoms with E-state index in [0.29, 0.717) is 30.0 Å². The highest BCUT2D eigenvalue weighted by Crippen LogP contribution is 2.37. The predicted molar refractivity (Wildman–Crippen MR) is 70.8 cm³/mol. The third-order valence-corrected chi connectivity index (χ3v) is 3.63. The van der Waals surface area contributed by atoms with Crippen molar-refractivity contribution in [2.75, 3.05) is 20.8 Å². The van der Waals surface area contributed by atoms with E-state index in [1.807, 2.05) is 0 Å². The molecular formula is C14H18FNO4. The number of halogens is 1. The van der Waals surface area contributed by atoms with Crippen molar-refractivity contribution in [1.29, 1.82) is 0 Å². The van der Waals surface area contributed by atoms with Crippen molar-refractivity contribution >= 4 is 5.97 Å². The highest BCUT2D eigenvalue weighted by atomic mass is 19.1. The molecule has 1 heterocycles. The largest absolute Gasteiger partial charge is 0.496 e. The zero-order valence-electron chi connectivity index (χ0n) is 11.5. The fraction of sp³-hybridized carbons (Fsp3) is 0.500. The summed E-state index contributed by atoms with van der Waals surface area (Å²) in [6.07, 6.45) is 0.462. The summed E-state index contributed by atoms with van der Waals surface area (Å²) in [6, 6.07) is 3.17. The maximum Gasteiger partial charge on any atom is 0.307 e. The van der Waals surface area contributed by atoms with Crippen LogP contribution in [0.2, 0.25) is 0 Å². The second kappa shape index (κ2) is 6.09. The molecule has 20 heavy (non-hydrogen) atoms. The van der Waals surface area contributed by atoms with Gasteiger partial charge >= 0.3 is 5.97 Å². The molecule has 0 amide bonds. The number of hydrogen-bond donors (Lipinski definition) is 2. The Morgan fingerprint density at radius 1 is 1.40 bits per heavy atom. The number of alkyl halides is 1. The number of benzene rings is 1. The van der Waals surface area contributed by atoms with Crippen LogP contribution in [0.25, 0.3) is 0 Å². The highest BCUT2D eigenvalue weighted by molar-refractivity contribution is 5.71. The first kappa shape index (κ1) is 14.6. The van der Waals surface area contributed by atoms with Gasteiger partial charge in [0.2, 0.25) is 0 Å². The Morgan fingerprint density at radius 3 is 2.60 bits per heavy atom. The van der Waals surface area contributed by atoms with E-state index < -0.39 is 18.6 Å². The van der Waals surface area contributed by atoms with Gasteiger partial charge < -0.3 is 19.9 Å². The maximum atomic E-state index is 13.0. The standard InChI is InChI=1S/C14H18FNO4/c1-19-12-5-13(20-2)10(3-8(12)6-15)11-4-9(7-16-11)14(17)18/h3,5,9,11,16H,4,6-7H2,1-2H3,(H,17,18). The Kier molecular flexibility index (Phi) is 4.44. The van der Waals surface area contributed by atoms with Crippen LogP contribution in [0.15, 0.2) is 12.1 Å². The summed E-state index contributed by atoms with van der Waals surface area (Å²) in [5.41, 5.74) is 1.20. The van der Waals surface area contributed by atoms with E-state index >= 15 is 0 Å². The summed E-state index contributed by atoms with van der Waals surface area (Å²) >= 11 is 0. The Balaban J connectivity index is 2.33. The van der Waals surface area contributed by atoms with E-state index in [9.17, 15) is 9.18 Å². The van der Waals surface area contributed by atoms with Crippen LogP contribution >= 0.6 is 0 Å². The number of carbonyl (C=O) groups is 1. The van der Waals surface area contributed by atoms with Gasteiger partial charge in [-0.3, -0.25) is 4.79 Å². The lowest BCUT2D eigenvalue weighted by Crippen LogP contribution is -2.17. The first-order chi connectivity index (χ1) is 9.60. The number of hydrogen-bond acceptors (Lipinski definition) is 4. The van der Waals surface area contributed by atoms with Crippen LogP contribution in [-0.4, -0.2) is 31.8 Å². The second-order valence-electron chi connectivity index (χ2n) is 4.77. The van der Waals surface area contributed by atoms with E-state index in [1.54, 1.807) is 12.1 Å². The van der Waals surface area contributed by atoms with E-state index in [0.717, 1.165) is 5.56 Å². The van der Waals surface area contributed by atoms with Gasteiger partial charge in [0.25, 0.3) is 0 Å². The molecule has 6 heteroatoms. The first-order valence-corrected chi connectivity index (χ1v) is 6.37. The Labute approximate surface area is 116 Å². The molecular weight excluding hydrogens is 265 g/mol. The summed E-state index contributed by atoms with van der Waals surface area (Å²) < 4.78 is 23.5. The highest BCUT2D eigenvalue weighted by Gasteiger charge is 2.32. The molecule has 0 bridgehead atoms. The smallest absolute Gasteiger partial charge is 0.307 e. The van der Waals surface area contributed by atoms with Crippen LogP contribution in [0.4, 0.5) is 4.39 Å². The summed E-state index contributed by atoms with van der Waals surface area (Å²) in [6.45, 7) is -0.241. The van der Waals surface area contributed by atoms with Gasteiger partial charge in [-0.05, 0) is 12.5 Å². The van der Waals surface area contributed by atoms with Crippen LogP contribution in [-0.2, 0) is 11.5 Å². The third-order valence-electron chi connectivity index (χ3n) is 3.63. The van der Waals surface area contributed by atoms with Gasteiger partial charge in [-0.25, -0.2) is 4.39 Å². The van der Waals surface area contributed by atoms with Gasteiger partial charge in [-0.15, -0.1) is 0 Å². The van der Waals surface area contributed by atoms with Crippen LogP contribution < -0.4 is 14.8 Å². The SMILES string of the molecule is COc1cc(OC)c(C2CC(C(=O)O)CN2)cc1CF. The lowest BCUT2D eigenvalue weighted by Gasteiger charge is -2.18.